The number of rotatable bonds is 3. The third-order valence-corrected chi connectivity index (χ3v) is 3.16. The molecule has 1 aromatic heterocycles. The van der Waals surface area contributed by atoms with Gasteiger partial charge in [-0.2, -0.15) is 0 Å². The second-order valence-corrected chi connectivity index (χ2v) is 4.70. The van der Waals surface area contributed by atoms with Crippen molar-refractivity contribution < 1.29 is 4.74 Å². The number of hydrogen-bond donors (Lipinski definition) is 1. The molecule has 0 bridgehead atoms. The van der Waals surface area contributed by atoms with Crippen LogP contribution in [0, 0.1) is 6.92 Å². The molecule has 2 N–H and O–H groups in total. The lowest BCUT2D eigenvalue weighted by atomic mass is 10.2. The monoisotopic (exact) mass is 282 g/mol. The lowest BCUT2D eigenvalue weighted by molar-refractivity contribution is 0.307. The molecule has 0 spiro atoms. The third kappa shape index (κ3) is 2.86. The number of nitrogen functional groups attached to an aromatic ring is 1. The van der Waals surface area contributed by atoms with Crippen LogP contribution in [0.1, 0.15) is 11.1 Å². The van der Waals surface area contributed by atoms with E-state index >= 15 is 0 Å². The molecule has 0 aliphatic carbocycles. The molecular formula is C13H12Cl2N2O. The van der Waals surface area contributed by atoms with E-state index in [4.69, 9.17) is 33.7 Å². The SMILES string of the molecule is Cc1cnc(N)c(OCc2c(Cl)cccc2Cl)c1. The summed E-state index contributed by atoms with van der Waals surface area (Å²) in [4.78, 5) is 4.02. The van der Waals surface area contributed by atoms with Crippen molar-refractivity contribution in [1.29, 1.82) is 0 Å². The largest absolute Gasteiger partial charge is 0.485 e. The van der Waals surface area contributed by atoms with Crippen molar-refractivity contribution in [3.05, 3.63) is 51.6 Å². The van der Waals surface area contributed by atoms with Gasteiger partial charge in [0.15, 0.2) is 11.6 Å². The average Bonchev–Trinajstić information content (AvgIpc) is 2.33. The van der Waals surface area contributed by atoms with Crippen molar-refractivity contribution in [2.24, 2.45) is 0 Å². The van der Waals surface area contributed by atoms with Gasteiger partial charge < -0.3 is 10.5 Å². The first-order valence-electron chi connectivity index (χ1n) is 5.35. The van der Waals surface area contributed by atoms with Crippen LogP contribution in [0.3, 0.4) is 0 Å². The minimum Gasteiger partial charge on any atom is -0.485 e. The van der Waals surface area contributed by atoms with Crippen LogP contribution < -0.4 is 10.5 Å². The maximum atomic E-state index is 6.06. The van der Waals surface area contributed by atoms with Crippen molar-refractivity contribution in [2.75, 3.05) is 5.73 Å². The fourth-order valence-electron chi connectivity index (χ4n) is 1.49. The van der Waals surface area contributed by atoms with Gasteiger partial charge in [0.2, 0.25) is 0 Å². The summed E-state index contributed by atoms with van der Waals surface area (Å²) < 4.78 is 5.61. The zero-order chi connectivity index (χ0) is 13.1. The van der Waals surface area contributed by atoms with E-state index < -0.39 is 0 Å². The lowest BCUT2D eigenvalue weighted by Crippen LogP contribution is -2.02. The van der Waals surface area contributed by atoms with Crippen molar-refractivity contribution in [1.82, 2.24) is 4.98 Å². The summed E-state index contributed by atoms with van der Waals surface area (Å²) in [5.41, 5.74) is 7.44. The van der Waals surface area contributed by atoms with Gasteiger partial charge in [-0.3, -0.25) is 0 Å². The van der Waals surface area contributed by atoms with Crippen LogP contribution in [0.5, 0.6) is 5.75 Å². The number of pyridine rings is 1. The van der Waals surface area contributed by atoms with E-state index in [0.29, 0.717) is 21.6 Å². The van der Waals surface area contributed by atoms with Crippen molar-refractivity contribution in [3.8, 4) is 5.75 Å². The van der Waals surface area contributed by atoms with Gasteiger partial charge in [-0.1, -0.05) is 29.3 Å². The number of ether oxygens (including phenoxy) is 1. The molecule has 2 aromatic rings. The fourth-order valence-corrected chi connectivity index (χ4v) is 2.00. The van der Waals surface area contributed by atoms with Crippen LogP contribution in [0.15, 0.2) is 30.5 Å². The van der Waals surface area contributed by atoms with Crippen molar-refractivity contribution in [2.45, 2.75) is 13.5 Å². The molecule has 0 aliphatic rings. The molecule has 0 radical (unpaired) electrons. The molecule has 0 saturated heterocycles. The summed E-state index contributed by atoms with van der Waals surface area (Å²) >= 11 is 12.1. The first-order valence-corrected chi connectivity index (χ1v) is 6.11. The zero-order valence-electron chi connectivity index (χ0n) is 9.78. The number of hydrogen-bond acceptors (Lipinski definition) is 3. The summed E-state index contributed by atoms with van der Waals surface area (Å²) in [7, 11) is 0. The van der Waals surface area contributed by atoms with Gasteiger partial charge in [-0.05, 0) is 30.7 Å². The van der Waals surface area contributed by atoms with E-state index in [2.05, 4.69) is 4.98 Å². The predicted molar refractivity (Wildman–Crippen MR) is 74.2 cm³/mol. The van der Waals surface area contributed by atoms with Gasteiger partial charge in [0.05, 0.1) is 0 Å². The molecule has 3 nitrogen and oxygen atoms in total. The van der Waals surface area contributed by atoms with Gasteiger partial charge >= 0.3 is 0 Å². The molecule has 0 aliphatic heterocycles. The predicted octanol–water partition coefficient (Wildman–Crippen LogP) is 3.86. The molecule has 1 heterocycles. The molecule has 18 heavy (non-hydrogen) atoms. The smallest absolute Gasteiger partial charge is 0.166 e. The van der Waals surface area contributed by atoms with Crippen LogP contribution in [-0.4, -0.2) is 4.98 Å². The maximum Gasteiger partial charge on any atom is 0.166 e. The third-order valence-electron chi connectivity index (χ3n) is 2.45. The van der Waals surface area contributed by atoms with E-state index in [1.807, 2.05) is 13.0 Å². The Morgan fingerprint density at radius 1 is 1.28 bits per heavy atom. The van der Waals surface area contributed by atoms with Crippen molar-refractivity contribution in [3.63, 3.8) is 0 Å². The highest BCUT2D eigenvalue weighted by Crippen LogP contribution is 2.27. The quantitative estimate of drug-likeness (QED) is 0.930. The number of nitrogens with zero attached hydrogens (tertiary/aromatic N) is 1. The number of nitrogens with two attached hydrogens (primary N) is 1. The van der Waals surface area contributed by atoms with Gasteiger partial charge in [-0.15, -0.1) is 0 Å². The Kier molecular flexibility index (Phi) is 3.94. The first kappa shape index (κ1) is 13.0. The number of anilines is 1. The Morgan fingerprint density at radius 2 is 1.94 bits per heavy atom. The molecular weight excluding hydrogens is 271 g/mol. The van der Waals surface area contributed by atoms with E-state index in [0.717, 1.165) is 11.1 Å². The molecule has 94 valence electrons. The summed E-state index contributed by atoms with van der Waals surface area (Å²) in [6.07, 6.45) is 1.69. The average molecular weight is 283 g/mol. The van der Waals surface area contributed by atoms with Gasteiger partial charge in [0.25, 0.3) is 0 Å². The van der Waals surface area contributed by atoms with Gasteiger partial charge in [-0.25, -0.2) is 4.98 Å². The second-order valence-electron chi connectivity index (χ2n) is 3.88. The van der Waals surface area contributed by atoms with Crippen molar-refractivity contribution >= 4 is 29.0 Å². The molecule has 2 rings (SSSR count). The van der Waals surface area contributed by atoms with Gasteiger partial charge in [0.1, 0.15) is 6.61 Å². The Hall–Kier alpha value is -1.45. The standard InChI is InChI=1S/C13H12Cl2N2O/c1-8-5-12(13(16)17-6-8)18-7-9-10(14)3-2-4-11(9)15/h2-6H,7H2,1H3,(H2,16,17). The second kappa shape index (κ2) is 5.46. The molecule has 5 heteroatoms. The fraction of sp³-hybridized carbons (Fsp3) is 0.154. The highest BCUT2D eigenvalue weighted by atomic mass is 35.5. The summed E-state index contributed by atoms with van der Waals surface area (Å²) in [6.45, 7) is 2.18. The minimum absolute atomic E-state index is 0.258. The van der Waals surface area contributed by atoms with Crippen LogP contribution >= 0.6 is 23.2 Å². The normalized spacial score (nSPS) is 10.4. The van der Waals surface area contributed by atoms with E-state index in [1.54, 1.807) is 24.4 Å². The Balaban J connectivity index is 2.19. The summed E-state index contributed by atoms with van der Waals surface area (Å²) in [5.74, 6) is 0.884. The number of halogens is 2. The molecule has 1 aromatic carbocycles. The van der Waals surface area contributed by atoms with Crippen LogP contribution in [0.2, 0.25) is 10.0 Å². The minimum atomic E-state index is 0.258. The van der Waals surface area contributed by atoms with Gasteiger partial charge in [0, 0.05) is 21.8 Å². The van der Waals surface area contributed by atoms with Crippen LogP contribution in [-0.2, 0) is 6.61 Å². The Labute approximate surface area is 115 Å². The lowest BCUT2D eigenvalue weighted by Gasteiger charge is -2.11. The first-order chi connectivity index (χ1) is 8.58. The molecule has 0 atom stereocenters. The number of aromatic nitrogens is 1. The van der Waals surface area contributed by atoms with E-state index in [-0.39, 0.29) is 6.61 Å². The maximum absolute atomic E-state index is 6.06. The number of benzene rings is 1. The van der Waals surface area contributed by atoms with Crippen LogP contribution in [0.4, 0.5) is 5.82 Å². The van der Waals surface area contributed by atoms with E-state index in [9.17, 15) is 0 Å². The van der Waals surface area contributed by atoms with E-state index in [1.165, 1.54) is 0 Å². The summed E-state index contributed by atoms with van der Waals surface area (Å²) in [5, 5.41) is 1.14. The molecule has 0 saturated carbocycles. The summed E-state index contributed by atoms with van der Waals surface area (Å²) in [6, 6.07) is 7.15. The Morgan fingerprint density at radius 3 is 2.61 bits per heavy atom. The molecule has 0 fully saturated rings. The number of aryl methyl sites for hydroxylation is 1. The highest BCUT2D eigenvalue weighted by molar-refractivity contribution is 6.35. The van der Waals surface area contributed by atoms with Crippen LogP contribution in [0.25, 0.3) is 0 Å². The zero-order valence-corrected chi connectivity index (χ0v) is 11.3. The Bertz CT molecular complexity index is 553. The highest BCUT2D eigenvalue weighted by Gasteiger charge is 2.08. The topological polar surface area (TPSA) is 48.1 Å². The molecule has 0 unspecified atom stereocenters. The molecule has 0 amide bonds.